The van der Waals surface area contributed by atoms with Crippen molar-refractivity contribution >= 4 is 11.9 Å². The molecule has 0 radical (unpaired) electrons. The first-order valence-corrected chi connectivity index (χ1v) is 8.05. The summed E-state index contributed by atoms with van der Waals surface area (Å²) in [6, 6.07) is -0.309. The normalized spacial score (nSPS) is 22.0. The number of rotatable bonds is 5. The standard InChI is InChI=1S/C16H27F3N4O/c1-11(2)9-20-15(21-10-14(24)23(3)4)22-13-7-5-6-12(8-13)16(17,18)19/h12-13H,1,5-10H2,2-4H3,(H2,20,21,22). The van der Waals surface area contributed by atoms with Gasteiger partial charge in [-0.2, -0.15) is 13.2 Å². The number of hydrogen-bond donors (Lipinski definition) is 2. The van der Waals surface area contributed by atoms with Gasteiger partial charge in [0.2, 0.25) is 5.91 Å². The van der Waals surface area contributed by atoms with Crippen molar-refractivity contribution in [3.63, 3.8) is 0 Å². The lowest BCUT2D eigenvalue weighted by atomic mass is 9.85. The van der Waals surface area contributed by atoms with Gasteiger partial charge in [0.05, 0.1) is 5.92 Å². The Labute approximate surface area is 141 Å². The van der Waals surface area contributed by atoms with E-state index in [-0.39, 0.29) is 31.3 Å². The van der Waals surface area contributed by atoms with Crippen LogP contribution in [0, 0.1) is 5.92 Å². The van der Waals surface area contributed by atoms with Crippen LogP contribution >= 0.6 is 0 Å². The van der Waals surface area contributed by atoms with Crippen LogP contribution in [-0.2, 0) is 4.79 Å². The molecule has 1 rings (SSSR count). The number of guanidine groups is 1. The molecule has 24 heavy (non-hydrogen) atoms. The van der Waals surface area contributed by atoms with Gasteiger partial charge in [0, 0.05) is 26.7 Å². The average Bonchev–Trinajstić information content (AvgIpc) is 2.48. The lowest BCUT2D eigenvalue weighted by Gasteiger charge is -2.32. The number of hydrogen-bond acceptors (Lipinski definition) is 2. The van der Waals surface area contributed by atoms with Crippen LogP contribution in [0.2, 0.25) is 0 Å². The summed E-state index contributed by atoms with van der Waals surface area (Å²) in [5, 5.41) is 6.04. The van der Waals surface area contributed by atoms with Crippen molar-refractivity contribution in [1.82, 2.24) is 15.5 Å². The highest BCUT2D eigenvalue weighted by Gasteiger charge is 2.42. The highest BCUT2D eigenvalue weighted by Crippen LogP contribution is 2.37. The molecule has 2 N–H and O–H groups in total. The predicted molar refractivity (Wildman–Crippen MR) is 88.7 cm³/mol. The van der Waals surface area contributed by atoms with Crippen LogP contribution in [0.5, 0.6) is 0 Å². The number of nitrogens with one attached hydrogen (secondary N) is 2. The quantitative estimate of drug-likeness (QED) is 0.455. The number of halogens is 3. The molecule has 0 saturated heterocycles. The van der Waals surface area contributed by atoms with Crippen molar-refractivity contribution in [2.24, 2.45) is 10.9 Å². The number of likely N-dealkylation sites (N-methyl/N-ethyl adjacent to an activating group) is 1. The summed E-state index contributed by atoms with van der Waals surface area (Å²) in [6.45, 7) is 5.98. The number of carbonyl (C=O) groups excluding carboxylic acids is 1. The smallest absolute Gasteiger partial charge is 0.354 e. The summed E-state index contributed by atoms with van der Waals surface area (Å²) in [7, 11) is 3.25. The van der Waals surface area contributed by atoms with Crippen LogP contribution < -0.4 is 10.6 Å². The molecule has 0 aliphatic heterocycles. The van der Waals surface area contributed by atoms with E-state index in [9.17, 15) is 18.0 Å². The van der Waals surface area contributed by atoms with Gasteiger partial charge in [-0.1, -0.05) is 18.6 Å². The maximum atomic E-state index is 12.9. The zero-order valence-electron chi connectivity index (χ0n) is 14.5. The van der Waals surface area contributed by atoms with E-state index in [2.05, 4.69) is 22.2 Å². The summed E-state index contributed by atoms with van der Waals surface area (Å²) in [5.41, 5.74) is 0.861. The topological polar surface area (TPSA) is 56.7 Å². The molecule has 0 bridgehead atoms. The zero-order chi connectivity index (χ0) is 18.3. The SMILES string of the molecule is C=C(C)CNC(=NCC(=O)N(C)C)NC1CCCC(C(F)(F)F)C1. The average molecular weight is 348 g/mol. The summed E-state index contributed by atoms with van der Waals surface area (Å²) >= 11 is 0. The molecule has 5 nitrogen and oxygen atoms in total. The van der Waals surface area contributed by atoms with Crippen LogP contribution in [0.1, 0.15) is 32.6 Å². The zero-order valence-corrected chi connectivity index (χ0v) is 14.5. The molecule has 0 heterocycles. The molecule has 8 heteroatoms. The second kappa shape index (κ2) is 8.94. The first kappa shape index (κ1) is 20.3. The van der Waals surface area contributed by atoms with Gasteiger partial charge in [-0.25, -0.2) is 4.99 Å². The molecule has 138 valence electrons. The fraction of sp³-hybridized carbons (Fsp3) is 0.750. The minimum absolute atomic E-state index is 0.0267. The van der Waals surface area contributed by atoms with Crippen LogP contribution in [0.4, 0.5) is 13.2 Å². The maximum Gasteiger partial charge on any atom is 0.391 e. The molecule has 1 amide bonds. The molecule has 1 fully saturated rings. The van der Waals surface area contributed by atoms with E-state index >= 15 is 0 Å². The van der Waals surface area contributed by atoms with E-state index in [4.69, 9.17) is 0 Å². The molecule has 1 saturated carbocycles. The van der Waals surface area contributed by atoms with Crippen LogP contribution in [0.15, 0.2) is 17.1 Å². The Bertz CT molecular complexity index is 474. The molecule has 0 spiro atoms. The highest BCUT2D eigenvalue weighted by molar-refractivity contribution is 5.85. The second-order valence-electron chi connectivity index (χ2n) is 6.51. The summed E-state index contributed by atoms with van der Waals surface area (Å²) in [5.74, 6) is -1.11. The van der Waals surface area contributed by atoms with Crippen molar-refractivity contribution < 1.29 is 18.0 Å². The Hall–Kier alpha value is -1.73. The maximum absolute atomic E-state index is 12.9. The van der Waals surface area contributed by atoms with E-state index in [1.807, 2.05) is 6.92 Å². The number of amides is 1. The number of aliphatic imine (C=N–C) groups is 1. The lowest BCUT2D eigenvalue weighted by molar-refractivity contribution is -0.183. The Morgan fingerprint density at radius 1 is 1.33 bits per heavy atom. The number of alkyl halides is 3. The van der Waals surface area contributed by atoms with Crippen LogP contribution in [0.3, 0.4) is 0 Å². The van der Waals surface area contributed by atoms with Gasteiger partial charge in [-0.15, -0.1) is 0 Å². The number of carbonyl (C=O) groups is 1. The minimum atomic E-state index is -4.16. The van der Waals surface area contributed by atoms with Crippen molar-refractivity contribution in [3.8, 4) is 0 Å². The van der Waals surface area contributed by atoms with Crippen LogP contribution in [-0.4, -0.2) is 56.2 Å². The lowest BCUT2D eigenvalue weighted by Crippen LogP contribution is -2.47. The van der Waals surface area contributed by atoms with Crippen molar-refractivity contribution in [2.75, 3.05) is 27.2 Å². The van der Waals surface area contributed by atoms with Crippen LogP contribution in [0.25, 0.3) is 0 Å². The molecule has 1 aliphatic carbocycles. The van der Waals surface area contributed by atoms with Gasteiger partial charge >= 0.3 is 6.18 Å². The molecule has 2 unspecified atom stereocenters. The molecular weight excluding hydrogens is 321 g/mol. The molecule has 2 atom stereocenters. The van der Waals surface area contributed by atoms with Gasteiger partial charge < -0.3 is 15.5 Å². The third kappa shape index (κ3) is 7.23. The largest absolute Gasteiger partial charge is 0.391 e. The van der Waals surface area contributed by atoms with Crippen molar-refractivity contribution in [1.29, 1.82) is 0 Å². The van der Waals surface area contributed by atoms with Gasteiger partial charge in [-0.05, 0) is 26.2 Å². The summed E-state index contributed by atoms with van der Waals surface area (Å²) in [6.07, 6.45) is -2.79. The van der Waals surface area contributed by atoms with Gasteiger partial charge in [-0.3, -0.25) is 4.79 Å². The van der Waals surface area contributed by atoms with E-state index in [0.717, 1.165) is 5.57 Å². The fourth-order valence-electron chi connectivity index (χ4n) is 2.49. The Morgan fingerprint density at radius 2 is 2.00 bits per heavy atom. The first-order valence-electron chi connectivity index (χ1n) is 8.05. The van der Waals surface area contributed by atoms with Crippen molar-refractivity contribution in [2.45, 2.75) is 44.8 Å². The van der Waals surface area contributed by atoms with E-state index in [1.54, 1.807) is 14.1 Å². The molecule has 0 aromatic heterocycles. The monoisotopic (exact) mass is 348 g/mol. The Balaban J connectivity index is 2.70. The summed E-state index contributed by atoms with van der Waals surface area (Å²) < 4.78 is 38.7. The summed E-state index contributed by atoms with van der Waals surface area (Å²) in [4.78, 5) is 17.3. The molecule has 0 aromatic rings. The third-order valence-electron chi connectivity index (χ3n) is 3.91. The molecular formula is C16H27F3N4O. The predicted octanol–water partition coefficient (Wildman–Crippen LogP) is 2.31. The minimum Gasteiger partial charge on any atom is -0.354 e. The van der Waals surface area contributed by atoms with E-state index < -0.39 is 12.1 Å². The molecule has 1 aliphatic rings. The van der Waals surface area contributed by atoms with Gasteiger partial charge in [0.25, 0.3) is 0 Å². The molecule has 0 aromatic carbocycles. The number of nitrogens with zero attached hydrogens (tertiary/aromatic N) is 2. The van der Waals surface area contributed by atoms with E-state index in [0.29, 0.717) is 25.3 Å². The van der Waals surface area contributed by atoms with Gasteiger partial charge in [0.15, 0.2) is 5.96 Å². The third-order valence-corrected chi connectivity index (χ3v) is 3.91. The fourth-order valence-corrected chi connectivity index (χ4v) is 2.49. The second-order valence-corrected chi connectivity index (χ2v) is 6.51. The Kier molecular flexibility index (Phi) is 7.57. The highest BCUT2D eigenvalue weighted by atomic mass is 19.4. The first-order chi connectivity index (χ1) is 11.1. The van der Waals surface area contributed by atoms with E-state index in [1.165, 1.54) is 4.90 Å². The van der Waals surface area contributed by atoms with Crippen molar-refractivity contribution in [3.05, 3.63) is 12.2 Å². The Morgan fingerprint density at radius 3 is 2.54 bits per heavy atom. The van der Waals surface area contributed by atoms with Gasteiger partial charge in [0.1, 0.15) is 6.54 Å².